The third-order valence-electron chi connectivity index (χ3n) is 3.83. The Labute approximate surface area is 114 Å². The predicted octanol–water partition coefficient (Wildman–Crippen LogP) is 3.10. The maximum Gasteiger partial charge on any atom is 0.136 e. The summed E-state index contributed by atoms with van der Waals surface area (Å²) in [6.07, 6.45) is 8.17. The summed E-state index contributed by atoms with van der Waals surface area (Å²) in [4.78, 5) is 4.80. The van der Waals surface area contributed by atoms with Crippen LogP contribution in [0, 0.1) is 5.92 Å². The van der Waals surface area contributed by atoms with Gasteiger partial charge in [0.05, 0.1) is 5.56 Å². The zero-order valence-corrected chi connectivity index (χ0v) is 11.7. The van der Waals surface area contributed by atoms with Crippen molar-refractivity contribution in [2.24, 2.45) is 11.7 Å². The second kappa shape index (κ2) is 6.14. The second-order valence-electron chi connectivity index (χ2n) is 4.97. The van der Waals surface area contributed by atoms with E-state index >= 15 is 0 Å². The molecule has 0 radical (unpaired) electrons. The molecule has 1 fully saturated rings. The molecule has 18 heavy (non-hydrogen) atoms. The van der Waals surface area contributed by atoms with Crippen LogP contribution in [0.3, 0.4) is 0 Å². The van der Waals surface area contributed by atoms with Crippen LogP contribution in [0.1, 0.15) is 44.6 Å². The maximum absolute atomic E-state index is 5.74. The van der Waals surface area contributed by atoms with Crippen molar-refractivity contribution in [3.05, 3.63) is 23.9 Å². The van der Waals surface area contributed by atoms with Crippen LogP contribution in [0.25, 0.3) is 0 Å². The molecule has 1 saturated carbocycles. The lowest BCUT2D eigenvalue weighted by molar-refractivity contribution is 0.317. The van der Waals surface area contributed by atoms with Crippen LogP contribution >= 0.6 is 12.2 Å². The summed E-state index contributed by atoms with van der Waals surface area (Å²) < 4.78 is 0. The minimum absolute atomic E-state index is 0.412. The van der Waals surface area contributed by atoms with Crippen molar-refractivity contribution in [3.63, 3.8) is 0 Å². The van der Waals surface area contributed by atoms with Crippen molar-refractivity contribution >= 4 is 23.0 Å². The molecule has 1 aliphatic carbocycles. The number of pyridine rings is 1. The Morgan fingerprint density at radius 1 is 1.50 bits per heavy atom. The van der Waals surface area contributed by atoms with Crippen molar-refractivity contribution in [1.82, 2.24) is 4.98 Å². The first-order chi connectivity index (χ1) is 8.72. The third-order valence-corrected chi connectivity index (χ3v) is 4.05. The molecule has 3 N–H and O–H groups in total. The summed E-state index contributed by atoms with van der Waals surface area (Å²) in [6, 6.07) is 4.31. The molecule has 2 atom stereocenters. The summed E-state index contributed by atoms with van der Waals surface area (Å²) in [5.74, 6) is 1.58. The number of thiocarbonyl (C=S) groups is 1. The van der Waals surface area contributed by atoms with Gasteiger partial charge in [0.15, 0.2) is 0 Å². The number of hydrogen-bond acceptors (Lipinski definition) is 3. The van der Waals surface area contributed by atoms with Gasteiger partial charge in [-0.15, -0.1) is 0 Å². The molecule has 4 heteroatoms. The first-order valence-corrected chi connectivity index (χ1v) is 7.14. The highest BCUT2D eigenvalue weighted by atomic mass is 32.1. The van der Waals surface area contributed by atoms with Gasteiger partial charge in [0.1, 0.15) is 10.8 Å². The summed E-state index contributed by atoms with van der Waals surface area (Å²) in [5.41, 5.74) is 6.59. The Morgan fingerprint density at radius 3 is 3.00 bits per heavy atom. The Balaban J connectivity index is 2.15. The zero-order chi connectivity index (χ0) is 13.0. The standard InChI is InChI=1S/C14H21N3S/c1-2-10-6-3-4-8-12(10)17-14-11(13(15)18)7-5-9-16-14/h5,7,9-10,12H,2-4,6,8H2,1H3,(H2,15,18)(H,16,17). The van der Waals surface area contributed by atoms with Crippen LogP contribution in [0.5, 0.6) is 0 Å². The number of nitrogens with one attached hydrogen (secondary N) is 1. The van der Waals surface area contributed by atoms with Gasteiger partial charge in [-0.2, -0.15) is 0 Å². The molecule has 0 aliphatic heterocycles. The zero-order valence-electron chi connectivity index (χ0n) is 10.9. The van der Waals surface area contributed by atoms with Crippen molar-refractivity contribution in [3.8, 4) is 0 Å². The summed E-state index contributed by atoms with van der Waals surface area (Å²) in [5, 5.41) is 3.55. The molecule has 1 aromatic heterocycles. The topological polar surface area (TPSA) is 50.9 Å². The smallest absolute Gasteiger partial charge is 0.136 e. The molecular weight excluding hydrogens is 242 g/mol. The molecule has 2 rings (SSSR count). The van der Waals surface area contributed by atoms with E-state index in [0.29, 0.717) is 11.0 Å². The highest BCUT2D eigenvalue weighted by Gasteiger charge is 2.24. The molecule has 98 valence electrons. The monoisotopic (exact) mass is 263 g/mol. The van der Waals surface area contributed by atoms with Crippen LogP contribution < -0.4 is 11.1 Å². The number of aromatic nitrogens is 1. The number of anilines is 1. The SMILES string of the molecule is CCC1CCCCC1Nc1ncccc1C(N)=S. The molecule has 0 aromatic carbocycles. The van der Waals surface area contributed by atoms with Gasteiger partial charge in [-0.25, -0.2) is 4.98 Å². The molecule has 0 amide bonds. The van der Waals surface area contributed by atoms with Crippen molar-refractivity contribution < 1.29 is 0 Å². The van der Waals surface area contributed by atoms with E-state index in [1.165, 1.54) is 32.1 Å². The number of nitrogens with two attached hydrogens (primary N) is 1. The Morgan fingerprint density at radius 2 is 2.28 bits per heavy atom. The number of rotatable bonds is 4. The first kappa shape index (κ1) is 13.3. The lowest BCUT2D eigenvalue weighted by Crippen LogP contribution is -2.33. The van der Waals surface area contributed by atoms with Gasteiger partial charge in [-0.1, -0.05) is 38.4 Å². The largest absolute Gasteiger partial charge is 0.389 e. The molecule has 0 spiro atoms. The lowest BCUT2D eigenvalue weighted by Gasteiger charge is -2.32. The predicted molar refractivity (Wildman–Crippen MR) is 79.8 cm³/mol. The number of hydrogen-bond donors (Lipinski definition) is 2. The molecule has 1 heterocycles. The van der Waals surface area contributed by atoms with Crippen LogP contribution in [0.2, 0.25) is 0 Å². The number of nitrogens with zero attached hydrogens (tertiary/aromatic N) is 1. The van der Waals surface area contributed by atoms with Gasteiger partial charge in [0.2, 0.25) is 0 Å². The summed E-state index contributed by atoms with van der Waals surface area (Å²) >= 11 is 5.07. The van der Waals surface area contributed by atoms with Gasteiger partial charge in [-0.3, -0.25) is 0 Å². The van der Waals surface area contributed by atoms with Gasteiger partial charge < -0.3 is 11.1 Å². The van der Waals surface area contributed by atoms with Crippen LogP contribution in [-0.2, 0) is 0 Å². The average molecular weight is 263 g/mol. The minimum atomic E-state index is 0.412. The minimum Gasteiger partial charge on any atom is -0.389 e. The first-order valence-electron chi connectivity index (χ1n) is 6.73. The normalized spacial score (nSPS) is 23.6. The van der Waals surface area contributed by atoms with Crippen LogP contribution in [0.15, 0.2) is 18.3 Å². The highest BCUT2D eigenvalue weighted by Crippen LogP contribution is 2.29. The summed E-state index contributed by atoms with van der Waals surface area (Å²) in [7, 11) is 0. The van der Waals surface area contributed by atoms with E-state index < -0.39 is 0 Å². The van der Waals surface area contributed by atoms with E-state index in [1.807, 2.05) is 12.1 Å². The fraction of sp³-hybridized carbons (Fsp3) is 0.571. The molecule has 2 unspecified atom stereocenters. The fourth-order valence-corrected chi connectivity index (χ4v) is 2.95. The molecule has 0 bridgehead atoms. The van der Waals surface area contributed by atoms with Crippen molar-refractivity contribution in [1.29, 1.82) is 0 Å². The van der Waals surface area contributed by atoms with Gasteiger partial charge in [0, 0.05) is 12.2 Å². The maximum atomic E-state index is 5.74. The average Bonchev–Trinajstić information content (AvgIpc) is 2.40. The Kier molecular flexibility index (Phi) is 4.53. The molecule has 0 saturated heterocycles. The van der Waals surface area contributed by atoms with E-state index in [9.17, 15) is 0 Å². The second-order valence-corrected chi connectivity index (χ2v) is 5.41. The highest BCUT2D eigenvalue weighted by molar-refractivity contribution is 7.80. The van der Waals surface area contributed by atoms with E-state index in [-0.39, 0.29) is 0 Å². The van der Waals surface area contributed by atoms with E-state index in [4.69, 9.17) is 18.0 Å². The third kappa shape index (κ3) is 2.99. The molecule has 1 aliphatic rings. The molecule has 1 aromatic rings. The van der Waals surface area contributed by atoms with Crippen molar-refractivity contribution in [2.75, 3.05) is 5.32 Å². The van der Waals surface area contributed by atoms with Gasteiger partial charge >= 0.3 is 0 Å². The van der Waals surface area contributed by atoms with Gasteiger partial charge in [-0.05, 0) is 30.9 Å². The Bertz CT molecular complexity index is 419. The molecule has 3 nitrogen and oxygen atoms in total. The quantitative estimate of drug-likeness (QED) is 0.820. The summed E-state index contributed by atoms with van der Waals surface area (Å²) in [6.45, 7) is 2.26. The van der Waals surface area contributed by atoms with E-state index in [2.05, 4.69) is 17.2 Å². The van der Waals surface area contributed by atoms with Gasteiger partial charge in [0.25, 0.3) is 0 Å². The fourth-order valence-electron chi connectivity index (χ4n) is 2.78. The van der Waals surface area contributed by atoms with Crippen LogP contribution in [-0.4, -0.2) is 16.0 Å². The van der Waals surface area contributed by atoms with E-state index in [1.54, 1.807) is 6.20 Å². The van der Waals surface area contributed by atoms with Crippen LogP contribution in [0.4, 0.5) is 5.82 Å². The molecular formula is C14H21N3S. The van der Waals surface area contributed by atoms with Crippen molar-refractivity contribution in [2.45, 2.75) is 45.1 Å². The van der Waals surface area contributed by atoms with E-state index in [0.717, 1.165) is 17.3 Å². The Hall–Kier alpha value is -1.16. The lowest BCUT2D eigenvalue weighted by atomic mass is 9.83.